The smallest absolute Gasteiger partial charge is 0.255 e. The van der Waals surface area contributed by atoms with E-state index < -0.39 is 0 Å². The van der Waals surface area contributed by atoms with E-state index in [4.69, 9.17) is 4.74 Å². The van der Waals surface area contributed by atoms with Crippen LogP contribution in [-0.2, 0) is 4.79 Å². The van der Waals surface area contributed by atoms with Gasteiger partial charge in [-0.3, -0.25) is 14.5 Å². The van der Waals surface area contributed by atoms with Crippen LogP contribution < -0.4 is 15.4 Å². The fourth-order valence-electron chi connectivity index (χ4n) is 3.61. The molecule has 2 fully saturated rings. The summed E-state index contributed by atoms with van der Waals surface area (Å²) in [6.07, 6.45) is 5.72. The van der Waals surface area contributed by atoms with Gasteiger partial charge in [-0.2, -0.15) is 0 Å². The Kier molecular flexibility index (Phi) is 6.33. The molecule has 6 heteroatoms. The lowest BCUT2D eigenvalue weighted by atomic mass is 10.2. The molecule has 30 heavy (non-hydrogen) atoms. The van der Waals surface area contributed by atoms with Crippen LogP contribution in [0.2, 0.25) is 0 Å². The Morgan fingerprint density at radius 1 is 1.00 bits per heavy atom. The predicted molar refractivity (Wildman–Crippen MR) is 118 cm³/mol. The molecule has 0 spiro atoms. The number of amides is 2. The fourth-order valence-corrected chi connectivity index (χ4v) is 3.61. The summed E-state index contributed by atoms with van der Waals surface area (Å²) in [5.74, 6) is 1.25. The van der Waals surface area contributed by atoms with Gasteiger partial charge in [0.05, 0.1) is 12.8 Å². The summed E-state index contributed by atoms with van der Waals surface area (Å²) in [6, 6.07) is 14.9. The first kappa shape index (κ1) is 20.4. The van der Waals surface area contributed by atoms with E-state index in [9.17, 15) is 9.59 Å². The van der Waals surface area contributed by atoms with Gasteiger partial charge >= 0.3 is 0 Å². The van der Waals surface area contributed by atoms with Gasteiger partial charge in [0, 0.05) is 36.8 Å². The highest BCUT2D eigenvalue weighted by Crippen LogP contribution is 2.34. The van der Waals surface area contributed by atoms with E-state index >= 15 is 0 Å². The molecular formula is C24H29N3O3. The molecule has 6 nitrogen and oxygen atoms in total. The minimum atomic E-state index is -0.225. The molecule has 2 amide bonds. The fraction of sp³-hybridized carbons (Fsp3) is 0.417. The van der Waals surface area contributed by atoms with Gasteiger partial charge in [0.15, 0.2) is 0 Å². The second kappa shape index (κ2) is 9.30. The number of carbonyl (C=O) groups is 2. The second-order valence-electron chi connectivity index (χ2n) is 8.20. The number of hydrogen-bond donors (Lipinski definition) is 2. The van der Waals surface area contributed by atoms with Crippen LogP contribution in [0.1, 0.15) is 42.5 Å². The van der Waals surface area contributed by atoms with Gasteiger partial charge in [0.25, 0.3) is 5.91 Å². The SMILES string of the molecule is COc1ccccc1NC(=O)c1ccc(NC(=O)CCN(CC2CC2)C2CC2)cc1. The minimum Gasteiger partial charge on any atom is -0.495 e. The average Bonchev–Trinajstić information content (AvgIpc) is 3.66. The molecule has 0 radical (unpaired) electrons. The van der Waals surface area contributed by atoms with E-state index in [2.05, 4.69) is 15.5 Å². The highest BCUT2D eigenvalue weighted by molar-refractivity contribution is 6.05. The van der Waals surface area contributed by atoms with E-state index in [0.29, 0.717) is 35.2 Å². The number of nitrogens with one attached hydrogen (secondary N) is 2. The predicted octanol–water partition coefficient (Wildman–Crippen LogP) is 4.15. The Morgan fingerprint density at radius 2 is 1.73 bits per heavy atom. The van der Waals surface area contributed by atoms with Crippen LogP contribution >= 0.6 is 0 Å². The normalized spacial score (nSPS) is 15.7. The quantitative estimate of drug-likeness (QED) is 0.621. The maximum Gasteiger partial charge on any atom is 0.255 e. The lowest BCUT2D eigenvalue weighted by Gasteiger charge is -2.21. The van der Waals surface area contributed by atoms with Crippen LogP contribution in [0.15, 0.2) is 48.5 Å². The molecule has 2 N–H and O–H groups in total. The van der Waals surface area contributed by atoms with Crippen molar-refractivity contribution < 1.29 is 14.3 Å². The number of para-hydroxylation sites is 2. The van der Waals surface area contributed by atoms with Crippen molar-refractivity contribution in [3.8, 4) is 5.75 Å². The molecule has 158 valence electrons. The van der Waals surface area contributed by atoms with Crippen molar-refractivity contribution in [2.75, 3.05) is 30.8 Å². The molecule has 0 atom stereocenters. The Balaban J connectivity index is 1.27. The van der Waals surface area contributed by atoms with Crippen LogP contribution in [0.5, 0.6) is 5.75 Å². The molecule has 0 aromatic heterocycles. The largest absolute Gasteiger partial charge is 0.495 e. The van der Waals surface area contributed by atoms with Crippen molar-refractivity contribution in [3.63, 3.8) is 0 Å². The van der Waals surface area contributed by atoms with Gasteiger partial charge in [-0.15, -0.1) is 0 Å². The summed E-state index contributed by atoms with van der Waals surface area (Å²) in [6.45, 7) is 1.97. The first-order chi connectivity index (χ1) is 14.6. The molecule has 2 aromatic carbocycles. The number of anilines is 2. The van der Waals surface area contributed by atoms with Crippen molar-refractivity contribution in [2.45, 2.75) is 38.1 Å². The summed E-state index contributed by atoms with van der Waals surface area (Å²) in [7, 11) is 1.57. The third kappa shape index (κ3) is 5.60. The maximum atomic E-state index is 12.5. The number of nitrogens with zero attached hydrogens (tertiary/aromatic N) is 1. The van der Waals surface area contributed by atoms with Gasteiger partial charge in [-0.05, 0) is 68.0 Å². The highest BCUT2D eigenvalue weighted by Gasteiger charge is 2.33. The third-order valence-electron chi connectivity index (χ3n) is 5.67. The molecule has 0 saturated heterocycles. The molecule has 0 heterocycles. The van der Waals surface area contributed by atoms with Crippen LogP contribution in [0, 0.1) is 5.92 Å². The summed E-state index contributed by atoms with van der Waals surface area (Å²) < 4.78 is 5.26. The van der Waals surface area contributed by atoms with Gasteiger partial charge in [0.2, 0.25) is 5.91 Å². The first-order valence-corrected chi connectivity index (χ1v) is 10.7. The number of methoxy groups -OCH3 is 1. The molecule has 0 aliphatic heterocycles. The molecule has 2 saturated carbocycles. The summed E-state index contributed by atoms with van der Waals surface area (Å²) >= 11 is 0. The maximum absolute atomic E-state index is 12.5. The van der Waals surface area contributed by atoms with Crippen LogP contribution in [0.25, 0.3) is 0 Å². The zero-order valence-electron chi connectivity index (χ0n) is 17.4. The number of hydrogen-bond acceptors (Lipinski definition) is 4. The topological polar surface area (TPSA) is 70.7 Å². The molecular weight excluding hydrogens is 378 g/mol. The van der Waals surface area contributed by atoms with Crippen LogP contribution in [0.4, 0.5) is 11.4 Å². The molecule has 2 aliphatic rings. The number of carbonyl (C=O) groups excluding carboxylic acids is 2. The monoisotopic (exact) mass is 407 g/mol. The standard InChI is InChI=1S/C24H29N3O3/c1-30-22-5-3-2-4-21(22)26-24(29)18-8-10-19(11-9-18)25-23(28)14-15-27(20-12-13-20)16-17-6-7-17/h2-5,8-11,17,20H,6-7,12-16H2,1H3,(H,25,28)(H,26,29). The first-order valence-electron chi connectivity index (χ1n) is 10.7. The minimum absolute atomic E-state index is 0.0164. The van der Waals surface area contributed by atoms with E-state index in [1.165, 1.54) is 25.7 Å². The van der Waals surface area contributed by atoms with Crippen LogP contribution in [-0.4, -0.2) is 43.0 Å². The lowest BCUT2D eigenvalue weighted by Crippen LogP contribution is -2.31. The number of ether oxygens (including phenoxy) is 1. The molecule has 0 bridgehead atoms. The van der Waals surface area contributed by atoms with Crippen molar-refractivity contribution in [3.05, 3.63) is 54.1 Å². The highest BCUT2D eigenvalue weighted by atomic mass is 16.5. The van der Waals surface area contributed by atoms with Gasteiger partial charge < -0.3 is 15.4 Å². The number of rotatable bonds is 10. The summed E-state index contributed by atoms with van der Waals surface area (Å²) in [4.78, 5) is 27.3. The summed E-state index contributed by atoms with van der Waals surface area (Å²) in [5.41, 5.74) is 1.84. The van der Waals surface area contributed by atoms with E-state index in [0.717, 1.165) is 19.0 Å². The van der Waals surface area contributed by atoms with Crippen molar-refractivity contribution in [1.29, 1.82) is 0 Å². The lowest BCUT2D eigenvalue weighted by molar-refractivity contribution is -0.116. The van der Waals surface area contributed by atoms with Gasteiger partial charge in [0.1, 0.15) is 5.75 Å². The third-order valence-corrected chi connectivity index (χ3v) is 5.67. The zero-order chi connectivity index (χ0) is 20.9. The Morgan fingerprint density at radius 3 is 2.40 bits per heavy atom. The van der Waals surface area contributed by atoms with Gasteiger partial charge in [-0.1, -0.05) is 12.1 Å². The van der Waals surface area contributed by atoms with Crippen molar-refractivity contribution in [2.24, 2.45) is 5.92 Å². The average molecular weight is 408 g/mol. The Hall–Kier alpha value is -2.86. The molecule has 0 unspecified atom stereocenters. The van der Waals surface area contributed by atoms with E-state index in [-0.39, 0.29) is 11.8 Å². The Labute approximate surface area is 177 Å². The zero-order valence-corrected chi connectivity index (χ0v) is 17.4. The van der Waals surface area contributed by atoms with Crippen molar-refractivity contribution in [1.82, 2.24) is 4.90 Å². The second-order valence-corrected chi connectivity index (χ2v) is 8.20. The Bertz CT molecular complexity index is 889. The summed E-state index contributed by atoms with van der Waals surface area (Å²) in [5, 5.41) is 5.79. The molecule has 2 aliphatic carbocycles. The molecule has 2 aromatic rings. The molecule has 4 rings (SSSR count). The van der Waals surface area contributed by atoms with Crippen molar-refractivity contribution >= 4 is 23.2 Å². The van der Waals surface area contributed by atoms with Gasteiger partial charge in [-0.25, -0.2) is 0 Å². The number of benzene rings is 2. The van der Waals surface area contributed by atoms with E-state index in [1.54, 1.807) is 43.5 Å². The van der Waals surface area contributed by atoms with E-state index in [1.807, 2.05) is 12.1 Å². The van der Waals surface area contributed by atoms with Crippen LogP contribution in [0.3, 0.4) is 0 Å².